The summed E-state index contributed by atoms with van der Waals surface area (Å²) in [7, 11) is 3.01. The van der Waals surface area contributed by atoms with E-state index in [1.54, 1.807) is 19.4 Å². The van der Waals surface area contributed by atoms with E-state index >= 15 is 0 Å². The molecule has 0 spiro atoms. The number of rotatable bonds is 8. The van der Waals surface area contributed by atoms with E-state index < -0.39 is 0 Å². The van der Waals surface area contributed by atoms with Gasteiger partial charge in [-0.05, 0) is 103 Å². The Balaban J connectivity index is 1.37. The summed E-state index contributed by atoms with van der Waals surface area (Å²) in [5.74, 6) is 1.78. The molecule has 3 heterocycles. The van der Waals surface area contributed by atoms with Crippen molar-refractivity contribution in [2.24, 2.45) is 0 Å². The average molecular weight is 577 g/mol. The van der Waals surface area contributed by atoms with E-state index in [4.69, 9.17) is 26.4 Å². The normalized spacial score (nSPS) is 16.1. The first kappa shape index (κ1) is 27.0. The zero-order chi connectivity index (χ0) is 29.1. The number of thiocarbonyl (C=S) groups is 1. The Labute approximate surface area is 249 Å². The number of aromatic nitrogens is 2. The molecule has 2 atom stereocenters. The van der Waals surface area contributed by atoms with Crippen LogP contribution in [0.1, 0.15) is 33.8 Å². The summed E-state index contributed by atoms with van der Waals surface area (Å²) in [6, 6.07) is 32.1. The summed E-state index contributed by atoms with van der Waals surface area (Å²) in [6.45, 7) is 0. The second kappa shape index (κ2) is 11.8. The standard InChI is InChI=1S/C33H28N4O4S/c1-39-25-15-17-27(18-16-25)41-26-13-11-23(12-14-26)37-31(30(35-33(37)42)28-9-3-4-19-34-28)29-10-6-20-36(29)24-8-5-7-22(21-24)32(38)40-2/h3-21,30-31H,1-2H3,(H,35,42)/t30-,31-/m1/s1. The van der Waals surface area contributed by atoms with Crippen molar-refractivity contribution < 1.29 is 19.0 Å². The fraction of sp³-hybridized carbons (Fsp3) is 0.121. The summed E-state index contributed by atoms with van der Waals surface area (Å²) in [5, 5.41) is 4.08. The SMILES string of the molecule is COC(=O)c1cccc(-n2cccc2[C@@H]2[C@@H](c3ccccn3)NC(=S)N2c2ccc(Oc3ccc(OC)cc3)cc2)c1. The number of methoxy groups -OCH3 is 2. The Hall–Kier alpha value is -5.15. The monoisotopic (exact) mass is 576 g/mol. The molecule has 1 saturated heterocycles. The topological polar surface area (TPSA) is 77.9 Å². The Bertz CT molecular complexity index is 1700. The number of carbonyl (C=O) groups excluding carboxylic acids is 1. The van der Waals surface area contributed by atoms with Gasteiger partial charge in [0.25, 0.3) is 0 Å². The smallest absolute Gasteiger partial charge is 0.337 e. The molecule has 0 aliphatic carbocycles. The highest BCUT2D eigenvalue weighted by molar-refractivity contribution is 7.80. The van der Waals surface area contributed by atoms with Gasteiger partial charge in [0, 0.05) is 29.5 Å². The summed E-state index contributed by atoms with van der Waals surface area (Å²) < 4.78 is 18.3. The average Bonchev–Trinajstić information content (AvgIpc) is 3.66. The molecule has 1 N–H and O–H groups in total. The van der Waals surface area contributed by atoms with Gasteiger partial charge in [-0.15, -0.1) is 0 Å². The second-order valence-electron chi connectivity index (χ2n) is 9.61. The molecule has 9 heteroatoms. The van der Waals surface area contributed by atoms with Crippen LogP contribution in [0.15, 0.2) is 116 Å². The number of pyridine rings is 1. The fourth-order valence-electron chi connectivity index (χ4n) is 5.16. The van der Waals surface area contributed by atoms with Crippen molar-refractivity contribution in [2.45, 2.75) is 12.1 Å². The Kier molecular flexibility index (Phi) is 7.57. The van der Waals surface area contributed by atoms with Gasteiger partial charge < -0.3 is 29.0 Å². The van der Waals surface area contributed by atoms with Crippen molar-refractivity contribution in [2.75, 3.05) is 19.1 Å². The summed E-state index contributed by atoms with van der Waals surface area (Å²) in [5.41, 5.74) is 4.04. The number of hydrogen-bond acceptors (Lipinski definition) is 6. The molecule has 6 rings (SSSR count). The predicted molar refractivity (Wildman–Crippen MR) is 165 cm³/mol. The zero-order valence-electron chi connectivity index (χ0n) is 23.0. The van der Waals surface area contributed by atoms with Gasteiger partial charge in [-0.3, -0.25) is 4.98 Å². The maximum absolute atomic E-state index is 12.3. The molecule has 1 aliphatic heterocycles. The van der Waals surface area contributed by atoms with E-state index in [0.29, 0.717) is 22.2 Å². The molecule has 5 aromatic rings. The van der Waals surface area contributed by atoms with Crippen LogP contribution in [0.3, 0.4) is 0 Å². The number of esters is 1. The molecular weight excluding hydrogens is 548 g/mol. The molecule has 0 unspecified atom stereocenters. The first-order valence-corrected chi connectivity index (χ1v) is 13.7. The van der Waals surface area contributed by atoms with Crippen LogP contribution in [0.5, 0.6) is 17.2 Å². The molecule has 1 aliphatic rings. The van der Waals surface area contributed by atoms with Crippen molar-refractivity contribution in [3.05, 3.63) is 132 Å². The van der Waals surface area contributed by atoms with Crippen LogP contribution < -0.4 is 19.7 Å². The Morgan fingerprint density at radius 1 is 0.833 bits per heavy atom. The lowest BCUT2D eigenvalue weighted by Gasteiger charge is -2.29. The highest BCUT2D eigenvalue weighted by atomic mass is 32.1. The minimum atomic E-state index is -0.390. The molecule has 0 amide bonds. The Morgan fingerprint density at radius 2 is 1.57 bits per heavy atom. The third-order valence-corrected chi connectivity index (χ3v) is 7.45. The van der Waals surface area contributed by atoms with E-state index in [9.17, 15) is 4.79 Å². The van der Waals surface area contributed by atoms with Crippen molar-refractivity contribution in [1.82, 2.24) is 14.9 Å². The molecule has 0 saturated carbocycles. The highest BCUT2D eigenvalue weighted by Crippen LogP contribution is 2.42. The van der Waals surface area contributed by atoms with Crippen molar-refractivity contribution in [3.8, 4) is 22.9 Å². The highest BCUT2D eigenvalue weighted by Gasteiger charge is 2.42. The van der Waals surface area contributed by atoms with Gasteiger partial charge in [0.1, 0.15) is 23.3 Å². The molecule has 8 nitrogen and oxygen atoms in total. The molecule has 3 aromatic carbocycles. The molecule has 0 bridgehead atoms. The maximum Gasteiger partial charge on any atom is 0.337 e. The zero-order valence-corrected chi connectivity index (χ0v) is 23.8. The van der Waals surface area contributed by atoms with Crippen LogP contribution in [0.2, 0.25) is 0 Å². The van der Waals surface area contributed by atoms with E-state index in [2.05, 4.69) is 25.8 Å². The van der Waals surface area contributed by atoms with Crippen LogP contribution in [-0.2, 0) is 4.74 Å². The molecule has 0 radical (unpaired) electrons. The van der Waals surface area contributed by atoms with E-state index in [1.807, 2.05) is 97.2 Å². The first-order chi connectivity index (χ1) is 20.6. The van der Waals surface area contributed by atoms with E-state index in [1.165, 1.54) is 7.11 Å². The lowest BCUT2D eigenvalue weighted by Crippen LogP contribution is -2.30. The van der Waals surface area contributed by atoms with Crippen LogP contribution in [0.25, 0.3) is 5.69 Å². The number of ether oxygens (including phenoxy) is 3. The lowest BCUT2D eigenvalue weighted by molar-refractivity contribution is 0.0600. The number of nitrogens with zero attached hydrogens (tertiary/aromatic N) is 3. The van der Waals surface area contributed by atoms with Gasteiger partial charge in [0.2, 0.25) is 0 Å². The summed E-state index contributed by atoms with van der Waals surface area (Å²) >= 11 is 5.92. The van der Waals surface area contributed by atoms with Gasteiger partial charge in [-0.2, -0.15) is 0 Å². The van der Waals surface area contributed by atoms with Crippen LogP contribution in [0.4, 0.5) is 5.69 Å². The minimum absolute atomic E-state index is 0.230. The summed E-state index contributed by atoms with van der Waals surface area (Å²) in [6.07, 6.45) is 3.76. The number of hydrogen-bond donors (Lipinski definition) is 1. The van der Waals surface area contributed by atoms with Crippen LogP contribution in [0, 0.1) is 0 Å². The quantitative estimate of drug-likeness (QED) is 0.163. The molecule has 210 valence electrons. The van der Waals surface area contributed by atoms with Gasteiger partial charge in [0.05, 0.1) is 31.5 Å². The van der Waals surface area contributed by atoms with Gasteiger partial charge >= 0.3 is 5.97 Å². The van der Waals surface area contributed by atoms with Gasteiger partial charge in [-0.25, -0.2) is 4.79 Å². The predicted octanol–water partition coefficient (Wildman–Crippen LogP) is 6.64. The number of nitrogens with one attached hydrogen (secondary N) is 1. The number of benzene rings is 3. The second-order valence-corrected chi connectivity index (χ2v) is 10.00. The molecule has 1 fully saturated rings. The minimum Gasteiger partial charge on any atom is -0.497 e. The number of anilines is 1. The number of carbonyl (C=O) groups is 1. The van der Waals surface area contributed by atoms with E-state index in [0.717, 1.165) is 28.5 Å². The third-order valence-electron chi connectivity index (χ3n) is 7.14. The van der Waals surface area contributed by atoms with Gasteiger partial charge in [-0.1, -0.05) is 12.1 Å². The lowest BCUT2D eigenvalue weighted by atomic mass is 10.0. The van der Waals surface area contributed by atoms with Crippen molar-refractivity contribution in [1.29, 1.82) is 0 Å². The third kappa shape index (κ3) is 5.29. The van der Waals surface area contributed by atoms with Crippen molar-refractivity contribution in [3.63, 3.8) is 0 Å². The van der Waals surface area contributed by atoms with Crippen molar-refractivity contribution >= 4 is 29.0 Å². The van der Waals surface area contributed by atoms with E-state index in [-0.39, 0.29) is 18.1 Å². The first-order valence-electron chi connectivity index (χ1n) is 13.3. The molecule has 2 aromatic heterocycles. The van der Waals surface area contributed by atoms with Crippen LogP contribution in [-0.4, -0.2) is 34.9 Å². The molecule has 42 heavy (non-hydrogen) atoms. The fourth-order valence-corrected chi connectivity index (χ4v) is 5.50. The Morgan fingerprint density at radius 3 is 2.26 bits per heavy atom. The summed E-state index contributed by atoms with van der Waals surface area (Å²) in [4.78, 5) is 19.0. The van der Waals surface area contributed by atoms with Gasteiger partial charge in [0.15, 0.2) is 5.11 Å². The maximum atomic E-state index is 12.3. The van der Waals surface area contributed by atoms with Crippen LogP contribution >= 0.6 is 12.2 Å². The molecular formula is C33H28N4O4S. The largest absolute Gasteiger partial charge is 0.497 e.